The Bertz CT molecular complexity index is 1810. The molecule has 1 aliphatic heterocycles. The normalized spacial score (nSPS) is 36.2. The number of hydrogen-bond donors (Lipinski definition) is 4. The average Bonchev–Trinajstić information content (AvgIpc) is 3.11. The van der Waals surface area contributed by atoms with Gasteiger partial charge in [-0.25, -0.2) is 18.8 Å². The lowest BCUT2D eigenvalue weighted by Crippen LogP contribution is -2.79. The van der Waals surface area contributed by atoms with Crippen LogP contribution in [0.4, 0.5) is 9.18 Å². The van der Waals surface area contributed by atoms with E-state index in [0.717, 1.165) is 0 Å². The van der Waals surface area contributed by atoms with Crippen LogP contribution in [0.2, 0.25) is 0 Å². The van der Waals surface area contributed by atoms with Gasteiger partial charge in [-0.3, -0.25) is 4.79 Å². The van der Waals surface area contributed by atoms with Crippen molar-refractivity contribution < 1.29 is 57.8 Å². The van der Waals surface area contributed by atoms with Gasteiger partial charge in [-0.15, -0.1) is 0 Å². The maximum atomic E-state index is 16.5. The van der Waals surface area contributed by atoms with E-state index in [1.54, 1.807) is 90.1 Å². The van der Waals surface area contributed by atoms with Crippen LogP contribution >= 0.6 is 0 Å². The minimum atomic E-state index is -2.20. The first kappa shape index (κ1) is 39.5. The standard InChI is InChI=1S/C41H50FNO11/c1-22-25-18-28(44)39(7)27(42)19-29-40(49,21-51-29)32(39)33(53-34(46)24-16-12-9-13-17-24)41(50,38(25,5)6)20-26(22)52-35(47)31(45)30(23-14-10-8-11-15-23)43-36(48)54-37(2,3)4/h8-18,22,26-27,29-33,45,49-50H,19-21H2,1-7H3,(H,43,48)/b25-18-/t22-,26+,27-,29-,30+,31-,32+,33+,39+,40+,41-/m1/s1. The first-order valence-corrected chi connectivity index (χ1v) is 18.3. The SMILES string of the molecule is C[C@@H]1/C2=C/C(=O)[C@]3(C)[C@H](F)C[C@H]4OC[C@@]4(O)[C@H]3[C@H](OC(=O)c3ccccc3)[C@](O)(C[C@@H]1OC(=O)[C@H](O)[C@@H](NC(=O)OC(C)(C)C)c1ccccc1)C2(C)C. The van der Waals surface area contributed by atoms with Crippen molar-refractivity contribution in [3.05, 3.63) is 83.4 Å². The third-order valence-electron chi connectivity index (χ3n) is 12.2. The van der Waals surface area contributed by atoms with Gasteiger partial charge in [-0.1, -0.05) is 74.9 Å². The Morgan fingerprint density at radius 2 is 1.59 bits per heavy atom. The number of fused-ring (bicyclic) bond motifs is 5. The summed E-state index contributed by atoms with van der Waals surface area (Å²) in [4.78, 5) is 55.2. The van der Waals surface area contributed by atoms with Crippen LogP contribution in [0.25, 0.3) is 0 Å². The molecule has 6 rings (SSSR count). The molecule has 2 aromatic rings. The first-order chi connectivity index (χ1) is 25.1. The van der Waals surface area contributed by atoms with E-state index in [1.165, 1.54) is 25.1 Å². The number of alkyl carbamates (subject to hydrolysis) is 1. The first-order valence-electron chi connectivity index (χ1n) is 18.3. The Hall–Kier alpha value is -4.17. The van der Waals surface area contributed by atoms with E-state index in [2.05, 4.69) is 5.32 Å². The number of rotatable bonds is 7. The molecule has 2 aromatic carbocycles. The lowest BCUT2D eigenvalue weighted by Gasteiger charge is -2.66. The van der Waals surface area contributed by atoms with Crippen LogP contribution < -0.4 is 5.32 Å². The molecule has 13 heteroatoms. The van der Waals surface area contributed by atoms with Gasteiger partial charge in [0.15, 0.2) is 11.9 Å². The van der Waals surface area contributed by atoms with E-state index in [0.29, 0.717) is 11.1 Å². The zero-order valence-electron chi connectivity index (χ0n) is 31.6. The number of hydrogen-bond acceptors (Lipinski definition) is 11. The minimum absolute atomic E-state index is 0.116. The van der Waals surface area contributed by atoms with Crippen molar-refractivity contribution >= 4 is 23.8 Å². The van der Waals surface area contributed by atoms with Crippen molar-refractivity contribution in [3.63, 3.8) is 0 Å². The third-order valence-corrected chi connectivity index (χ3v) is 12.2. The molecule has 1 saturated heterocycles. The van der Waals surface area contributed by atoms with E-state index in [-0.39, 0.29) is 18.6 Å². The zero-order valence-corrected chi connectivity index (χ0v) is 31.6. The van der Waals surface area contributed by atoms with Crippen molar-refractivity contribution in [1.82, 2.24) is 5.32 Å². The Morgan fingerprint density at radius 1 is 0.981 bits per heavy atom. The van der Waals surface area contributed by atoms with Crippen molar-refractivity contribution in [2.24, 2.45) is 22.7 Å². The molecule has 0 spiro atoms. The number of allylic oxidation sites excluding steroid dienone is 1. The molecule has 1 amide bonds. The number of amides is 1. The van der Waals surface area contributed by atoms with Crippen LogP contribution in [0.3, 0.4) is 0 Å². The second kappa shape index (κ2) is 13.8. The number of aliphatic hydroxyl groups is 3. The molecular weight excluding hydrogens is 701 g/mol. The van der Waals surface area contributed by atoms with Gasteiger partial charge in [0.05, 0.1) is 29.7 Å². The molecular formula is C41H50FNO11. The number of halogens is 1. The molecule has 292 valence electrons. The lowest BCUT2D eigenvalue weighted by atomic mass is 9.45. The molecule has 1 heterocycles. The van der Waals surface area contributed by atoms with Gasteiger partial charge in [0, 0.05) is 30.1 Å². The fourth-order valence-corrected chi connectivity index (χ4v) is 8.94. The summed E-state index contributed by atoms with van der Waals surface area (Å²) in [6.45, 7) is 11.1. The highest BCUT2D eigenvalue weighted by atomic mass is 19.1. The summed E-state index contributed by atoms with van der Waals surface area (Å²) in [5.41, 5.74) is -7.49. The molecule has 2 bridgehead atoms. The highest BCUT2D eigenvalue weighted by Gasteiger charge is 2.75. The highest BCUT2D eigenvalue weighted by molar-refractivity contribution is 5.97. The molecule has 0 radical (unpaired) electrons. The maximum Gasteiger partial charge on any atom is 0.408 e. The van der Waals surface area contributed by atoms with Crippen molar-refractivity contribution in [1.29, 1.82) is 0 Å². The second-order valence-corrected chi connectivity index (χ2v) is 16.9. The predicted molar refractivity (Wildman–Crippen MR) is 191 cm³/mol. The molecule has 3 fully saturated rings. The van der Waals surface area contributed by atoms with E-state index in [1.807, 2.05) is 0 Å². The molecule has 4 aliphatic rings. The van der Waals surface area contributed by atoms with Crippen LogP contribution in [0, 0.1) is 22.7 Å². The number of nitrogens with one attached hydrogen (secondary N) is 1. The van der Waals surface area contributed by atoms with E-state index in [9.17, 15) is 34.5 Å². The average molecular weight is 752 g/mol. The lowest BCUT2D eigenvalue weighted by molar-refractivity contribution is -0.337. The number of carbonyl (C=O) groups excluding carboxylic acids is 4. The van der Waals surface area contributed by atoms with Crippen LogP contribution in [-0.4, -0.2) is 93.1 Å². The fourth-order valence-electron chi connectivity index (χ4n) is 8.94. The van der Waals surface area contributed by atoms with E-state index < -0.39 is 106 Å². The molecule has 12 nitrogen and oxygen atoms in total. The van der Waals surface area contributed by atoms with Gasteiger partial charge in [-0.05, 0) is 51.5 Å². The number of benzene rings is 2. The summed E-state index contributed by atoms with van der Waals surface area (Å²) in [6, 6.07) is 14.9. The number of ketones is 1. The quantitative estimate of drug-likeness (QED) is 0.231. The van der Waals surface area contributed by atoms with Gasteiger partial charge < -0.3 is 39.6 Å². The molecule has 54 heavy (non-hydrogen) atoms. The molecule has 0 unspecified atom stereocenters. The maximum absolute atomic E-state index is 16.5. The second-order valence-electron chi connectivity index (χ2n) is 16.9. The molecule has 11 atom stereocenters. The van der Waals surface area contributed by atoms with Crippen LogP contribution in [0.15, 0.2) is 72.3 Å². The Morgan fingerprint density at radius 3 is 2.17 bits per heavy atom. The molecule has 3 aliphatic carbocycles. The zero-order chi connectivity index (χ0) is 39.6. The van der Waals surface area contributed by atoms with Crippen molar-refractivity contribution in [2.45, 2.75) is 115 Å². The van der Waals surface area contributed by atoms with Gasteiger partial charge >= 0.3 is 18.0 Å². The van der Waals surface area contributed by atoms with Crippen molar-refractivity contribution in [2.75, 3.05) is 6.61 Å². The fraction of sp³-hybridized carbons (Fsp3) is 0.561. The van der Waals surface area contributed by atoms with Gasteiger partial charge in [0.2, 0.25) is 0 Å². The predicted octanol–water partition coefficient (Wildman–Crippen LogP) is 4.55. The number of alkyl halides is 1. The number of carbonyl (C=O) groups is 4. The number of esters is 2. The van der Waals surface area contributed by atoms with E-state index >= 15 is 4.39 Å². The van der Waals surface area contributed by atoms with Gasteiger partial charge in [0.25, 0.3) is 0 Å². The Kier molecular flexibility index (Phi) is 10.1. The summed E-state index contributed by atoms with van der Waals surface area (Å²) in [7, 11) is 0. The van der Waals surface area contributed by atoms with Crippen molar-refractivity contribution in [3.8, 4) is 0 Å². The Labute approximate surface area is 314 Å². The van der Waals surface area contributed by atoms with Crippen LogP contribution in [0.1, 0.15) is 83.3 Å². The van der Waals surface area contributed by atoms with Crippen LogP contribution in [-0.2, 0) is 28.5 Å². The smallest absolute Gasteiger partial charge is 0.408 e. The summed E-state index contributed by atoms with van der Waals surface area (Å²) in [5.74, 6) is -4.99. The third kappa shape index (κ3) is 6.52. The molecule has 0 aromatic heterocycles. The van der Waals surface area contributed by atoms with Crippen LogP contribution in [0.5, 0.6) is 0 Å². The summed E-state index contributed by atoms with van der Waals surface area (Å²) in [5, 5.41) is 39.4. The number of aliphatic hydroxyl groups excluding tert-OH is 1. The van der Waals surface area contributed by atoms with Gasteiger partial charge in [-0.2, -0.15) is 0 Å². The topological polar surface area (TPSA) is 178 Å². The van der Waals surface area contributed by atoms with E-state index in [4.69, 9.17) is 18.9 Å². The largest absolute Gasteiger partial charge is 0.460 e. The molecule has 2 saturated carbocycles. The number of ether oxygens (including phenoxy) is 4. The Balaban J connectivity index is 1.42. The summed E-state index contributed by atoms with van der Waals surface area (Å²) >= 11 is 0. The summed E-state index contributed by atoms with van der Waals surface area (Å²) < 4.78 is 39.6. The minimum Gasteiger partial charge on any atom is -0.460 e. The highest BCUT2D eigenvalue weighted by Crippen LogP contribution is 2.63. The molecule has 4 N–H and O–H groups in total. The monoisotopic (exact) mass is 751 g/mol. The summed E-state index contributed by atoms with van der Waals surface area (Å²) in [6.07, 6.45) is -8.12. The van der Waals surface area contributed by atoms with Gasteiger partial charge in [0.1, 0.15) is 35.2 Å².